The Kier molecular flexibility index (Phi) is 3.25. The zero-order valence-electron chi connectivity index (χ0n) is 9.90. The Morgan fingerprint density at radius 3 is 2.94 bits per heavy atom. The fraction of sp³-hybridized carbons (Fsp3) is 0.818. The second-order valence-electron chi connectivity index (χ2n) is 5.04. The summed E-state index contributed by atoms with van der Waals surface area (Å²) in [5.74, 6) is 1.93. The molecule has 1 unspecified atom stereocenters. The molecule has 0 amide bonds. The fourth-order valence-corrected chi connectivity index (χ4v) is 1.70. The van der Waals surface area contributed by atoms with E-state index in [1.165, 1.54) is 0 Å². The Morgan fingerprint density at radius 1 is 1.50 bits per heavy atom. The van der Waals surface area contributed by atoms with Gasteiger partial charge in [0.05, 0.1) is 5.41 Å². The highest BCUT2D eigenvalue weighted by molar-refractivity contribution is 5.02. The van der Waals surface area contributed by atoms with Crippen LogP contribution in [0.1, 0.15) is 32.0 Å². The van der Waals surface area contributed by atoms with Gasteiger partial charge in [0, 0.05) is 26.2 Å². The molecule has 2 heterocycles. The molecule has 0 radical (unpaired) electrons. The van der Waals surface area contributed by atoms with E-state index in [4.69, 9.17) is 15.0 Å². The van der Waals surface area contributed by atoms with Crippen molar-refractivity contribution >= 4 is 0 Å². The molecule has 1 saturated heterocycles. The maximum atomic E-state index is 5.66. The standard InChI is InChI=1S/C11H19N3O2/c1-11(2,7-12)10-13-9(14-16-10)5-8-3-4-15-6-8/h8H,3-7,12H2,1-2H3. The van der Waals surface area contributed by atoms with Gasteiger partial charge in [-0.05, 0) is 26.2 Å². The van der Waals surface area contributed by atoms with E-state index < -0.39 is 0 Å². The fourth-order valence-electron chi connectivity index (χ4n) is 1.70. The lowest BCUT2D eigenvalue weighted by atomic mass is 9.94. The van der Waals surface area contributed by atoms with Crippen molar-refractivity contribution in [2.24, 2.45) is 11.7 Å². The molecule has 1 aromatic heterocycles. The third-order valence-corrected chi connectivity index (χ3v) is 3.05. The van der Waals surface area contributed by atoms with Gasteiger partial charge in [0.15, 0.2) is 5.82 Å². The van der Waals surface area contributed by atoms with Gasteiger partial charge in [0.25, 0.3) is 0 Å². The Bertz CT molecular complexity index is 343. The van der Waals surface area contributed by atoms with Gasteiger partial charge in [-0.25, -0.2) is 0 Å². The van der Waals surface area contributed by atoms with Crippen molar-refractivity contribution in [3.63, 3.8) is 0 Å². The van der Waals surface area contributed by atoms with Crippen LogP contribution in [0.4, 0.5) is 0 Å². The maximum absolute atomic E-state index is 5.66. The molecule has 1 aliphatic heterocycles. The first kappa shape index (κ1) is 11.5. The number of aromatic nitrogens is 2. The first-order valence-corrected chi connectivity index (χ1v) is 5.72. The van der Waals surface area contributed by atoms with Crippen molar-refractivity contribution in [3.05, 3.63) is 11.7 Å². The summed E-state index contributed by atoms with van der Waals surface area (Å²) in [5, 5.41) is 4.00. The van der Waals surface area contributed by atoms with E-state index in [0.717, 1.165) is 31.9 Å². The van der Waals surface area contributed by atoms with Crippen molar-refractivity contribution in [1.82, 2.24) is 10.1 Å². The molecule has 0 aliphatic carbocycles. The molecule has 16 heavy (non-hydrogen) atoms. The number of hydrogen-bond acceptors (Lipinski definition) is 5. The van der Waals surface area contributed by atoms with Gasteiger partial charge in [0.2, 0.25) is 5.89 Å². The first-order chi connectivity index (χ1) is 7.62. The smallest absolute Gasteiger partial charge is 0.233 e. The van der Waals surface area contributed by atoms with Crippen LogP contribution in [0.25, 0.3) is 0 Å². The molecule has 1 aliphatic rings. The molecule has 0 spiro atoms. The normalized spacial score (nSPS) is 21.6. The van der Waals surface area contributed by atoms with E-state index in [1.807, 2.05) is 13.8 Å². The van der Waals surface area contributed by atoms with Gasteiger partial charge >= 0.3 is 0 Å². The van der Waals surface area contributed by atoms with Crippen molar-refractivity contribution < 1.29 is 9.26 Å². The van der Waals surface area contributed by atoms with Gasteiger partial charge in [-0.3, -0.25) is 0 Å². The lowest BCUT2D eigenvalue weighted by Crippen LogP contribution is -2.28. The molecule has 0 bridgehead atoms. The second-order valence-corrected chi connectivity index (χ2v) is 5.04. The zero-order chi connectivity index (χ0) is 11.6. The summed E-state index contributed by atoms with van der Waals surface area (Å²) < 4.78 is 10.6. The van der Waals surface area contributed by atoms with E-state index in [2.05, 4.69) is 10.1 Å². The highest BCUT2D eigenvalue weighted by Gasteiger charge is 2.27. The molecule has 1 fully saturated rings. The number of nitrogens with two attached hydrogens (primary N) is 1. The number of hydrogen-bond donors (Lipinski definition) is 1. The monoisotopic (exact) mass is 225 g/mol. The van der Waals surface area contributed by atoms with Gasteiger partial charge in [0.1, 0.15) is 0 Å². The Balaban J connectivity index is 2.01. The maximum Gasteiger partial charge on any atom is 0.233 e. The minimum atomic E-state index is -0.239. The average Bonchev–Trinajstić information content (AvgIpc) is 2.89. The van der Waals surface area contributed by atoms with E-state index in [0.29, 0.717) is 18.4 Å². The topological polar surface area (TPSA) is 74.2 Å². The zero-order valence-corrected chi connectivity index (χ0v) is 9.90. The summed E-state index contributed by atoms with van der Waals surface area (Å²) >= 11 is 0. The molecule has 5 heteroatoms. The van der Waals surface area contributed by atoms with Crippen LogP contribution in [0.2, 0.25) is 0 Å². The van der Waals surface area contributed by atoms with E-state index >= 15 is 0 Å². The van der Waals surface area contributed by atoms with Gasteiger partial charge in [-0.1, -0.05) is 5.16 Å². The highest BCUT2D eigenvalue weighted by Crippen LogP contribution is 2.21. The van der Waals surface area contributed by atoms with Gasteiger partial charge in [-0.2, -0.15) is 4.98 Å². The van der Waals surface area contributed by atoms with Crippen molar-refractivity contribution in [2.45, 2.75) is 32.1 Å². The molecular formula is C11H19N3O2. The number of nitrogens with zero attached hydrogens (tertiary/aromatic N) is 2. The Hall–Kier alpha value is -0.940. The first-order valence-electron chi connectivity index (χ1n) is 5.72. The third-order valence-electron chi connectivity index (χ3n) is 3.05. The predicted molar refractivity (Wildman–Crippen MR) is 59.0 cm³/mol. The minimum absolute atomic E-state index is 0.239. The van der Waals surface area contributed by atoms with Crippen LogP contribution in [0.3, 0.4) is 0 Å². The average molecular weight is 225 g/mol. The van der Waals surface area contributed by atoms with Crippen LogP contribution in [0, 0.1) is 5.92 Å². The second kappa shape index (κ2) is 4.51. The summed E-state index contributed by atoms with van der Waals surface area (Å²) in [6, 6.07) is 0. The lowest BCUT2D eigenvalue weighted by molar-refractivity contribution is 0.185. The Morgan fingerprint density at radius 2 is 2.31 bits per heavy atom. The molecule has 2 rings (SSSR count). The summed E-state index contributed by atoms with van der Waals surface area (Å²) in [6.45, 7) is 6.17. The van der Waals surface area contributed by atoms with Crippen LogP contribution in [0.15, 0.2) is 4.52 Å². The van der Waals surface area contributed by atoms with E-state index in [1.54, 1.807) is 0 Å². The SMILES string of the molecule is CC(C)(CN)c1nc(CC2CCOC2)no1. The molecule has 5 nitrogen and oxygen atoms in total. The van der Waals surface area contributed by atoms with Crippen LogP contribution in [-0.4, -0.2) is 29.9 Å². The quantitative estimate of drug-likeness (QED) is 0.823. The molecule has 1 aromatic rings. The lowest BCUT2D eigenvalue weighted by Gasteiger charge is -2.15. The minimum Gasteiger partial charge on any atom is -0.381 e. The molecular weight excluding hydrogens is 206 g/mol. The summed E-state index contributed by atoms with van der Waals surface area (Å²) in [4.78, 5) is 4.40. The highest BCUT2D eigenvalue weighted by atomic mass is 16.5. The van der Waals surface area contributed by atoms with Gasteiger partial charge < -0.3 is 15.0 Å². The van der Waals surface area contributed by atoms with E-state index in [-0.39, 0.29) is 5.41 Å². The third kappa shape index (κ3) is 2.41. The predicted octanol–water partition coefficient (Wildman–Crippen LogP) is 0.885. The van der Waals surface area contributed by atoms with Crippen LogP contribution in [-0.2, 0) is 16.6 Å². The molecule has 2 N–H and O–H groups in total. The number of ether oxygens (including phenoxy) is 1. The Labute approximate surface area is 95.3 Å². The van der Waals surface area contributed by atoms with Crippen LogP contribution in [0.5, 0.6) is 0 Å². The van der Waals surface area contributed by atoms with Crippen LogP contribution >= 0.6 is 0 Å². The summed E-state index contributed by atoms with van der Waals surface area (Å²) in [6.07, 6.45) is 1.92. The molecule has 1 atom stereocenters. The molecule has 90 valence electrons. The molecule has 0 saturated carbocycles. The summed E-state index contributed by atoms with van der Waals surface area (Å²) in [7, 11) is 0. The van der Waals surface area contributed by atoms with Crippen LogP contribution < -0.4 is 5.73 Å². The van der Waals surface area contributed by atoms with Crippen molar-refractivity contribution in [1.29, 1.82) is 0 Å². The van der Waals surface area contributed by atoms with Crippen molar-refractivity contribution in [2.75, 3.05) is 19.8 Å². The number of rotatable bonds is 4. The van der Waals surface area contributed by atoms with Gasteiger partial charge in [-0.15, -0.1) is 0 Å². The summed E-state index contributed by atoms with van der Waals surface area (Å²) in [5.41, 5.74) is 5.42. The molecule has 0 aromatic carbocycles. The largest absolute Gasteiger partial charge is 0.381 e. The van der Waals surface area contributed by atoms with Crippen molar-refractivity contribution in [3.8, 4) is 0 Å². The van der Waals surface area contributed by atoms with E-state index in [9.17, 15) is 0 Å².